The molecular formula is C11H17FN2O2S2. The summed E-state index contributed by atoms with van der Waals surface area (Å²) >= 11 is 1.53. The summed E-state index contributed by atoms with van der Waals surface area (Å²) in [6, 6.07) is 3.91. The van der Waals surface area contributed by atoms with E-state index >= 15 is 0 Å². The van der Waals surface area contributed by atoms with Crippen LogP contribution in [0.2, 0.25) is 0 Å². The molecule has 7 heteroatoms. The highest BCUT2D eigenvalue weighted by atomic mass is 32.2. The minimum absolute atomic E-state index is 0.178. The fourth-order valence-electron chi connectivity index (χ4n) is 1.38. The zero-order chi connectivity index (χ0) is 13.8. The van der Waals surface area contributed by atoms with Gasteiger partial charge in [-0.25, -0.2) is 17.1 Å². The van der Waals surface area contributed by atoms with E-state index in [2.05, 4.69) is 0 Å². The van der Waals surface area contributed by atoms with Crippen molar-refractivity contribution in [3.63, 3.8) is 0 Å². The van der Waals surface area contributed by atoms with Crippen molar-refractivity contribution in [2.45, 2.75) is 11.4 Å². The third-order valence-electron chi connectivity index (χ3n) is 2.53. The molecule has 102 valence electrons. The Balaban J connectivity index is 3.11. The van der Waals surface area contributed by atoms with Gasteiger partial charge >= 0.3 is 0 Å². The van der Waals surface area contributed by atoms with E-state index in [9.17, 15) is 12.8 Å². The zero-order valence-corrected chi connectivity index (χ0v) is 12.0. The standard InChI is InChI=1S/C11H17FN2O2S2/c1-14(5-6-17-2)18(15,16)11-7-9(8-13)3-4-10(11)12/h3-4,7H,5-6,8,13H2,1-2H3. The Hall–Kier alpha value is -0.630. The number of halogens is 1. The molecule has 0 aromatic heterocycles. The zero-order valence-electron chi connectivity index (χ0n) is 10.4. The third-order valence-corrected chi connectivity index (χ3v) is 4.99. The average Bonchev–Trinajstić information content (AvgIpc) is 2.36. The topological polar surface area (TPSA) is 63.4 Å². The quantitative estimate of drug-likeness (QED) is 0.857. The highest BCUT2D eigenvalue weighted by molar-refractivity contribution is 7.98. The minimum atomic E-state index is -3.79. The van der Waals surface area contributed by atoms with Gasteiger partial charge in [0.15, 0.2) is 0 Å². The molecule has 1 aromatic rings. The summed E-state index contributed by atoms with van der Waals surface area (Å²) in [6.45, 7) is 0.521. The lowest BCUT2D eigenvalue weighted by Crippen LogP contribution is -2.29. The maximum Gasteiger partial charge on any atom is 0.245 e. The number of benzene rings is 1. The molecule has 0 radical (unpaired) electrons. The van der Waals surface area contributed by atoms with Crippen LogP contribution in [0.3, 0.4) is 0 Å². The van der Waals surface area contributed by atoms with Crippen molar-refractivity contribution in [1.82, 2.24) is 4.31 Å². The van der Waals surface area contributed by atoms with Crippen LogP contribution in [0.25, 0.3) is 0 Å². The summed E-state index contributed by atoms with van der Waals surface area (Å²) in [6.07, 6.45) is 1.89. The largest absolute Gasteiger partial charge is 0.326 e. The molecule has 0 saturated heterocycles. The molecule has 1 rings (SSSR count). The van der Waals surface area contributed by atoms with E-state index in [-0.39, 0.29) is 11.4 Å². The molecule has 0 heterocycles. The monoisotopic (exact) mass is 292 g/mol. The second-order valence-electron chi connectivity index (χ2n) is 3.79. The molecule has 0 spiro atoms. The molecule has 0 aliphatic carbocycles. The van der Waals surface area contributed by atoms with Gasteiger partial charge in [-0.3, -0.25) is 0 Å². The van der Waals surface area contributed by atoms with Crippen molar-refractivity contribution in [2.75, 3.05) is 25.6 Å². The molecule has 0 saturated carbocycles. The number of thioether (sulfide) groups is 1. The van der Waals surface area contributed by atoms with Crippen LogP contribution in [0.1, 0.15) is 5.56 Å². The van der Waals surface area contributed by atoms with Crippen molar-refractivity contribution in [3.05, 3.63) is 29.6 Å². The third kappa shape index (κ3) is 3.44. The predicted molar refractivity (Wildman–Crippen MR) is 72.5 cm³/mol. The van der Waals surface area contributed by atoms with Crippen LogP contribution in [0.4, 0.5) is 4.39 Å². The SMILES string of the molecule is CSCCN(C)S(=O)(=O)c1cc(CN)ccc1F. The van der Waals surface area contributed by atoms with Crippen molar-refractivity contribution in [1.29, 1.82) is 0 Å². The number of nitrogens with zero attached hydrogens (tertiary/aromatic N) is 1. The molecule has 0 amide bonds. The van der Waals surface area contributed by atoms with Crippen molar-refractivity contribution in [3.8, 4) is 0 Å². The van der Waals surface area contributed by atoms with E-state index in [1.54, 1.807) is 0 Å². The molecule has 0 unspecified atom stereocenters. The first kappa shape index (κ1) is 15.4. The molecule has 2 N–H and O–H groups in total. The first-order valence-electron chi connectivity index (χ1n) is 5.37. The smallest absolute Gasteiger partial charge is 0.245 e. The first-order valence-corrected chi connectivity index (χ1v) is 8.20. The van der Waals surface area contributed by atoms with E-state index in [1.165, 1.54) is 30.9 Å². The van der Waals surface area contributed by atoms with Gasteiger partial charge in [0.2, 0.25) is 10.0 Å². The molecule has 4 nitrogen and oxygen atoms in total. The van der Waals surface area contributed by atoms with Crippen LogP contribution in [0, 0.1) is 5.82 Å². The van der Waals surface area contributed by atoms with Crippen LogP contribution in [0.5, 0.6) is 0 Å². The molecular weight excluding hydrogens is 275 g/mol. The summed E-state index contributed by atoms with van der Waals surface area (Å²) in [7, 11) is -2.34. The number of nitrogens with two attached hydrogens (primary N) is 1. The van der Waals surface area contributed by atoms with Crippen molar-refractivity contribution >= 4 is 21.8 Å². The lowest BCUT2D eigenvalue weighted by atomic mass is 10.2. The Bertz CT molecular complexity index is 506. The Kier molecular flexibility index (Phi) is 5.58. The van der Waals surface area contributed by atoms with Crippen molar-refractivity contribution < 1.29 is 12.8 Å². The Morgan fingerprint density at radius 1 is 1.44 bits per heavy atom. The van der Waals surface area contributed by atoms with Crippen LogP contribution >= 0.6 is 11.8 Å². The van der Waals surface area contributed by atoms with Crippen LogP contribution < -0.4 is 5.73 Å². The summed E-state index contributed by atoms with van der Waals surface area (Å²) < 4.78 is 39.1. The van der Waals surface area contributed by atoms with Gasteiger partial charge in [0, 0.05) is 25.9 Å². The minimum Gasteiger partial charge on any atom is -0.326 e. The van der Waals surface area contributed by atoms with Crippen LogP contribution in [-0.4, -0.2) is 38.3 Å². The predicted octanol–water partition coefficient (Wildman–Crippen LogP) is 1.27. The summed E-state index contributed by atoms with van der Waals surface area (Å²) in [5, 5.41) is 0. The normalized spacial score (nSPS) is 12.1. The summed E-state index contributed by atoms with van der Waals surface area (Å²) in [5.74, 6) is -0.0864. The second kappa shape index (κ2) is 6.51. The Morgan fingerprint density at radius 2 is 2.11 bits per heavy atom. The summed E-state index contributed by atoms with van der Waals surface area (Å²) in [4.78, 5) is -0.311. The molecule has 0 bridgehead atoms. The van der Waals surface area contributed by atoms with E-state index in [4.69, 9.17) is 5.73 Å². The van der Waals surface area contributed by atoms with Gasteiger partial charge in [0.25, 0.3) is 0 Å². The number of hydrogen-bond donors (Lipinski definition) is 1. The molecule has 0 aliphatic heterocycles. The van der Waals surface area contributed by atoms with E-state index in [1.807, 2.05) is 6.26 Å². The van der Waals surface area contributed by atoms with Crippen LogP contribution in [0.15, 0.2) is 23.1 Å². The van der Waals surface area contributed by atoms with Gasteiger partial charge in [0.05, 0.1) is 0 Å². The maximum atomic E-state index is 13.6. The molecule has 18 heavy (non-hydrogen) atoms. The second-order valence-corrected chi connectivity index (χ2v) is 6.79. The molecule has 0 aliphatic rings. The van der Waals surface area contributed by atoms with E-state index in [0.717, 1.165) is 10.4 Å². The molecule has 0 fully saturated rings. The number of rotatable bonds is 6. The lowest BCUT2D eigenvalue weighted by molar-refractivity contribution is 0.479. The highest BCUT2D eigenvalue weighted by Gasteiger charge is 2.24. The van der Waals surface area contributed by atoms with Gasteiger partial charge in [-0.15, -0.1) is 0 Å². The van der Waals surface area contributed by atoms with Gasteiger partial charge in [0.1, 0.15) is 10.7 Å². The lowest BCUT2D eigenvalue weighted by Gasteiger charge is -2.17. The van der Waals surface area contributed by atoms with Gasteiger partial charge in [-0.2, -0.15) is 11.8 Å². The number of hydrogen-bond acceptors (Lipinski definition) is 4. The highest BCUT2D eigenvalue weighted by Crippen LogP contribution is 2.20. The maximum absolute atomic E-state index is 13.6. The fourth-order valence-corrected chi connectivity index (χ4v) is 3.23. The van der Waals surface area contributed by atoms with Crippen LogP contribution in [-0.2, 0) is 16.6 Å². The summed E-state index contributed by atoms with van der Waals surface area (Å²) in [5.41, 5.74) is 6.03. The van der Waals surface area contributed by atoms with Gasteiger partial charge < -0.3 is 5.73 Å². The Labute approximate surface area is 111 Å². The molecule has 0 atom stereocenters. The Morgan fingerprint density at radius 3 is 2.67 bits per heavy atom. The number of sulfonamides is 1. The molecule has 1 aromatic carbocycles. The van der Waals surface area contributed by atoms with Gasteiger partial charge in [-0.05, 0) is 24.0 Å². The van der Waals surface area contributed by atoms with Gasteiger partial charge in [-0.1, -0.05) is 6.07 Å². The first-order chi connectivity index (χ1) is 8.43. The van der Waals surface area contributed by atoms with E-state index in [0.29, 0.717) is 17.9 Å². The van der Waals surface area contributed by atoms with Crippen molar-refractivity contribution in [2.24, 2.45) is 5.73 Å². The van der Waals surface area contributed by atoms with E-state index < -0.39 is 15.8 Å². The average molecular weight is 292 g/mol. The fraction of sp³-hybridized carbons (Fsp3) is 0.455.